The fourth-order valence-electron chi connectivity index (χ4n) is 2.90. The van der Waals surface area contributed by atoms with E-state index < -0.39 is 38.0 Å². The fourth-order valence-corrected chi connectivity index (χ4v) is 4.81. The number of carbonyl (C=O) groups excluding carboxylic acids is 1. The van der Waals surface area contributed by atoms with E-state index in [4.69, 9.17) is 0 Å². The van der Waals surface area contributed by atoms with Crippen molar-refractivity contribution in [2.45, 2.75) is 36.7 Å². The van der Waals surface area contributed by atoms with E-state index in [0.717, 1.165) is 18.7 Å². The van der Waals surface area contributed by atoms with Crippen molar-refractivity contribution in [3.63, 3.8) is 0 Å². The molecule has 0 spiro atoms. The molecule has 8 heteroatoms. The minimum Gasteiger partial charge on any atom is -0.465 e. The maximum atomic E-state index is 13.1. The number of ether oxygens (including phenoxy) is 1. The summed E-state index contributed by atoms with van der Waals surface area (Å²) in [6, 6.07) is 5.18. The van der Waals surface area contributed by atoms with Gasteiger partial charge in [-0.15, -0.1) is 0 Å². The van der Waals surface area contributed by atoms with Crippen LogP contribution in [0.5, 0.6) is 0 Å². The largest absolute Gasteiger partial charge is 0.465 e. The van der Waals surface area contributed by atoms with Gasteiger partial charge in [-0.25, -0.2) is 13.2 Å². The van der Waals surface area contributed by atoms with Crippen LogP contribution in [0, 0.1) is 20.8 Å². The molecule has 0 amide bonds. The van der Waals surface area contributed by atoms with E-state index in [2.05, 4.69) is 4.74 Å². The van der Waals surface area contributed by atoms with Crippen molar-refractivity contribution in [2.24, 2.45) is 0 Å². The van der Waals surface area contributed by atoms with Crippen molar-refractivity contribution >= 4 is 15.8 Å². The Morgan fingerprint density at radius 3 is 2.00 bits per heavy atom. The average molecular weight is 386 g/mol. The third kappa shape index (κ3) is 3.60. The van der Waals surface area contributed by atoms with E-state index in [-0.39, 0.29) is 4.90 Å². The molecule has 2 aromatic rings. The molecule has 0 radical (unpaired) electrons. The van der Waals surface area contributed by atoms with Crippen molar-refractivity contribution in [2.75, 3.05) is 7.11 Å². The van der Waals surface area contributed by atoms with E-state index in [0.29, 0.717) is 23.3 Å². The summed E-state index contributed by atoms with van der Waals surface area (Å²) in [6.07, 6.45) is -4.75. The smallest absolute Gasteiger partial charge is 0.416 e. The molecule has 0 saturated heterocycles. The van der Waals surface area contributed by atoms with Crippen LogP contribution in [0.4, 0.5) is 13.2 Å². The predicted octanol–water partition coefficient (Wildman–Crippen LogP) is 4.25. The maximum absolute atomic E-state index is 13.1. The van der Waals surface area contributed by atoms with E-state index >= 15 is 0 Å². The second-order valence-corrected chi connectivity index (χ2v) is 7.79. The molecule has 0 heterocycles. The molecule has 2 aromatic carbocycles. The highest BCUT2D eigenvalue weighted by Gasteiger charge is 2.35. The quantitative estimate of drug-likeness (QED) is 0.740. The second-order valence-electron chi connectivity index (χ2n) is 5.93. The lowest BCUT2D eigenvalue weighted by atomic mass is 10.1. The SMILES string of the molecule is COC(=O)c1ccc(C(F)(F)F)cc1S(=O)(=O)c1c(C)cc(C)cc1C. The molecule has 0 bridgehead atoms. The Hall–Kier alpha value is -2.35. The van der Waals surface area contributed by atoms with E-state index in [1.165, 1.54) is 0 Å². The predicted molar refractivity (Wildman–Crippen MR) is 88.9 cm³/mol. The number of benzene rings is 2. The highest BCUT2D eigenvalue weighted by Crippen LogP contribution is 2.35. The Morgan fingerprint density at radius 2 is 1.54 bits per heavy atom. The number of sulfone groups is 1. The topological polar surface area (TPSA) is 60.4 Å². The number of halogens is 3. The van der Waals surface area contributed by atoms with Crippen LogP contribution in [0.15, 0.2) is 40.1 Å². The molecule has 0 aromatic heterocycles. The third-order valence-electron chi connectivity index (χ3n) is 3.88. The number of hydrogen-bond donors (Lipinski definition) is 0. The summed E-state index contributed by atoms with van der Waals surface area (Å²) < 4.78 is 70.0. The van der Waals surface area contributed by atoms with Crippen molar-refractivity contribution < 1.29 is 31.1 Å². The van der Waals surface area contributed by atoms with Crippen LogP contribution in [0.1, 0.15) is 32.6 Å². The van der Waals surface area contributed by atoms with Gasteiger partial charge in [0.25, 0.3) is 0 Å². The Labute approximate surface area is 149 Å². The summed E-state index contributed by atoms with van der Waals surface area (Å²) in [5.74, 6) is -1.03. The molecular formula is C18H17F3O4S. The van der Waals surface area contributed by atoms with Gasteiger partial charge < -0.3 is 4.74 Å². The first-order valence-electron chi connectivity index (χ1n) is 7.52. The van der Waals surface area contributed by atoms with E-state index in [1.807, 2.05) is 0 Å². The first-order chi connectivity index (χ1) is 11.9. The van der Waals surface area contributed by atoms with Gasteiger partial charge in [-0.2, -0.15) is 13.2 Å². The van der Waals surface area contributed by atoms with Crippen molar-refractivity contribution in [1.82, 2.24) is 0 Å². The number of rotatable bonds is 3. The number of esters is 1. The Balaban J connectivity index is 2.86. The van der Waals surface area contributed by atoms with Crippen molar-refractivity contribution in [3.8, 4) is 0 Å². The van der Waals surface area contributed by atoms with Gasteiger partial charge in [-0.1, -0.05) is 17.7 Å². The van der Waals surface area contributed by atoms with Crippen LogP contribution < -0.4 is 0 Å². The third-order valence-corrected chi connectivity index (χ3v) is 5.98. The van der Waals surface area contributed by atoms with E-state index in [9.17, 15) is 26.4 Å². The van der Waals surface area contributed by atoms with Gasteiger partial charge in [0.2, 0.25) is 9.84 Å². The number of methoxy groups -OCH3 is 1. The minimum absolute atomic E-state index is 0.118. The highest BCUT2D eigenvalue weighted by atomic mass is 32.2. The second kappa shape index (κ2) is 6.75. The van der Waals surface area contributed by atoms with Gasteiger partial charge in [-0.3, -0.25) is 0 Å². The van der Waals surface area contributed by atoms with Crippen LogP contribution in [0.2, 0.25) is 0 Å². The number of aryl methyl sites for hydroxylation is 3. The lowest BCUT2D eigenvalue weighted by Gasteiger charge is -2.16. The molecule has 0 saturated carbocycles. The molecule has 4 nitrogen and oxygen atoms in total. The van der Waals surface area contributed by atoms with Crippen LogP contribution in [0.3, 0.4) is 0 Å². The summed E-state index contributed by atoms with van der Waals surface area (Å²) in [6.45, 7) is 4.89. The number of hydrogen-bond acceptors (Lipinski definition) is 4. The van der Waals surface area contributed by atoms with Crippen molar-refractivity contribution in [3.05, 3.63) is 58.1 Å². The zero-order valence-corrected chi connectivity index (χ0v) is 15.4. The lowest BCUT2D eigenvalue weighted by Crippen LogP contribution is -2.16. The van der Waals surface area contributed by atoms with Crippen LogP contribution >= 0.6 is 0 Å². The normalized spacial score (nSPS) is 12.1. The summed E-state index contributed by atoms with van der Waals surface area (Å²) in [7, 11) is -3.36. The molecular weight excluding hydrogens is 369 g/mol. The Kier molecular flexibility index (Phi) is 5.19. The standard InChI is InChI=1S/C18H17F3O4S/c1-10-7-11(2)16(12(3)8-10)26(23,24)15-9-13(18(19,20)21)5-6-14(15)17(22)25-4/h5-9H,1-4H3. The molecule has 140 valence electrons. The molecule has 0 aliphatic rings. The van der Waals surface area contributed by atoms with E-state index in [1.54, 1.807) is 32.9 Å². The molecule has 0 aliphatic heterocycles. The van der Waals surface area contributed by atoms with Crippen LogP contribution in [-0.2, 0) is 20.8 Å². The first-order valence-corrected chi connectivity index (χ1v) is 9.00. The average Bonchev–Trinajstić information content (AvgIpc) is 2.51. The summed E-state index contributed by atoms with van der Waals surface area (Å²) >= 11 is 0. The van der Waals surface area contributed by atoms with Gasteiger partial charge >= 0.3 is 12.1 Å². The maximum Gasteiger partial charge on any atom is 0.416 e. The molecule has 2 rings (SSSR count). The lowest BCUT2D eigenvalue weighted by molar-refractivity contribution is -0.137. The number of alkyl halides is 3. The Morgan fingerprint density at radius 1 is 1.00 bits per heavy atom. The molecule has 26 heavy (non-hydrogen) atoms. The minimum atomic E-state index is -4.75. The molecule has 0 aliphatic carbocycles. The monoisotopic (exact) mass is 386 g/mol. The van der Waals surface area contributed by atoms with Gasteiger partial charge in [-0.05, 0) is 50.1 Å². The summed E-state index contributed by atoms with van der Waals surface area (Å²) in [5.41, 5.74) is -0.0198. The molecule has 0 atom stereocenters. The van der Waals surface area contributed by atoms with Gasteiger partial charge in [0.05, 0.1) is 28.0 Å². The molecule has 0 fully saturated rings. The van der Waals surface area contributed by atoms with Crippen LogP contribution in [-0.4, -0.2) is 21.5 Å². The zero-order valence-electron chi connectivity index (χ0n) is 14.6. The molecule has 0 N–H and O–H groups in total. The van der Waals surface area contributed by atoms with Gasteiger partial charge in [0.1, 0.15) is 0 Å². The van der Waals surface area contributed by atoms with Gasteiger partial charge in [0, 0.05) is 0 Å². The highest BCUT2D eigenvalue weighted by molar-refractivity contribution is 7.91. The summed E-state index contributed by atoms with van der Waals surface area (Å²) in [4.78, 5) is 11.1. The molecule has 0 unspecified atom stereocenters. The first kappa shape index (κ1) is 20.0. The number of carbonyl (C=O) groups is 1. The van der Waals surface area contributed by atoms with Crippen LogP contribution in [0.25, 0.3) is 0 Å². The van der Waals surface area contributed by atoms with Gasteiger partial charge in [0.15, 0.2) is 0 Å². The zero-order chi connectivity index (χ0) is 19.9. The van der Waals surface area contributed by atoms with Crippen molar-refractivity contribution in [1.29, 1.82) is 0 Å². The fraction of sp³-hybridized carbons (Fsp3) is 0.278. The summed E-state index contributed by atoms with van der Waals surface area (Å²) in [5, 5.41) is 0. The Bertz CT molecular complexity index is 953.